The van der Waals surface area contributed by atoms with Crippen LogP contribution in [0.2, 0.25) is 0 Å². The minimum absolute atomic E-state index is 0.296. The monoisotopic (exact) mass is 274 g/mol. The van der Waals surface area contributed by atoms with Crippen LogP contribution in [-0.2, 0) is 17.6 Å². The molecular formula is C15H18N2O3. The Hall–Kier alpha value is -1.88. The fourth-order valence-corrected chi connectivity index (χ4v) is 2.35. The van der Waals surface area contributed by atoms with Crippen LogP contribution in [0.25, 0.3) is 0 Å². The van der Waals surface area contributed by atoms with Crippen LogP contribution in [0.15, 0.2) is 28.8 Å². The summed E-state index contributed by atoms with van der Waals surface area (Å²) in [5.41, 5.74) is 1.20. The van der Waals surface area contributed by atoms with Gasteiger partial charge in [0, 0.05) is 18.9 Å². The van der Waals surface area contributed by atoms with Crippen LogP contribution < -0.4 is 4.74 Å². The normalized spacial score (nSPS) is 18.4. The number of aromatic nitrogens is 2. The number of hydrogen-bond donors (Lipinski definition) is 0. The lowest BCUT2D eigenvalue weighted by molar-refractivity contribution is 0.192. The van der Waals surface area contributed by atoms with Gasteiger partial charge in [0.15, 0.2) is 5.82 Å². The van der Waals surface area contributed by atoms with Crippen molar-refractivity contribution in [2.24, 2.45) is 0 Å². The second-order valence-electron chi connectivity index (χ2n) is 4.96. The number of methoxy groups -OCH3 is 1. The van der Waals surface area contributed by atoms with Crippen LogP contribution in [0.1, 0.15) is 29.6 Å². The zero-order valence-corrected chi connectivity index (χ0v) is 11.5. The molecule has 0 unspecified atom stereocenters. The van der Waals surface area contributed by atoms with Gasteiger partial charge in [-0.1, -0.05) is 17.3 Å². The van der Waals surface area contributed by atoms with E-state index in [1.807, 2.05) is 18.2 Å². The number of rotatable bonds is 5. The molecule has 0 saturated carbocycles. The molecule has 5 heteroatoms. The molecular weight excluding hydrogens is 256 g/mol. The third-order valence-corrected chi connectivity index (χ3v) is 3.54. The van der Waals surface area contributed by atoms with Gasteiger partial charge in [0.25, 0.3) is 0 Å². The summed E-state index contributed by atoms with van der Waals surface area (Å²) in [5, 5.41) is 4.05. The minimum atomic E-state index is 0.296. The zero-order chi connectivity index (χ0) is 13.8. The van der Waals surface area contributed by atoms with Crippen molar-refractivity contribution in [3.8, 4) is 5.75 Å². The lowest BCUT2D eigenvalue weighted by Crippen LogP contribution is -2.00. The minimum Gasteiger partial charge on any atom is -0.497 e. The number of aryl methyl sites for hydroxylation is 2. The number of nitrogens with zero attached hydrogens (tertiary/aromatic N) is 2. The third-order valence-electron chi connectivity index (χ3n) is 3.54. The molecule has 1 aromatic heterocycles. The Bertz CT molecular complexity index is 562. The molecule has 1 atom stereocenters. The van der Waals surface area contributed by atoms with Gasteiger partial charge >= 0.3 is 0 Å². The van der Waals surface area contributed by atoms with Gasteiger partial charge in [-0.05, 0) is 30.5 Å². The molecule has 1 fully saturated rings. The Kier molecular flexibility index (Phi) is 3.97. The highest BCUT2D eigenvalue weighted by Crippen LogP contribution is 2.22. The SMILES string of the molecule is COc1cccc(CCc2nc([C@@H]3CCOC3)no2)c1. The Labute approximate surface area is 117 Å². The molecule has 20 heavy (non-hydrogen) atoms. The van der Waals surface area contributed by atoms with Gasteiger partial charge in [0.1, 0.15) is 5.75 Å². The van der Waals surface area contributed by atoms with Gasteiger partial charge in [-0.25, -0.2) is 0 Å². The largest absolute Gasteiger partial charge is 0.497 e. The van der Waals surface area contributed by atoms with Gasteiger partial charge in [-0.3, -0.25) is 0 Å². The van der Waals surface area contributed by atoms with E-state index >= 15 is 0 Å². The van der Waals surface area contributed by atoms with E-state index in [-0.39, 0.29) is 0 Å². The first-order valence-electron chi connectivity index (χ1n) is 6.88. The molecule has 0 N–H and O–H groups in total. The van der Waals surface area contributed by atoms with Crippen LogP contribution in [0, 0.1) is 0 Å². The summed E-state index contributed by atoms with van der Waals surface area (Å²) in [5.74, 6) is 2.64. The van der Waals surface area contributed by atoms with Crippen LogP contribution in [0.5, 0.6) is 5.75 Å². The van der Waals surface area contributed by atoms with Crippen molar-refractivity contribution < 1.29 is 14.0 Å². The van der Waals surface area contributed by atoms with Crippen LogP contribution >= 0.6 is 0 Å². The van der Waals surface area contributed by atoms with E-state index in [9.17, 15) is 0 Å². The Morgan fingerprint density at radius 3 is 3.10 bits per heavy atom. The van der Waals surface area contributed by atoms with E-state index in [1.54, 1.807) is 7.11 Å². The van der Waals surface area contributed by atoms with Crippen molar-refractivity contribution in [3.63, 3.8) is 0 Å². The zero-order valence-electron chi connectivity index (χ0n) is 11.5. The van der Waals surface area contributed by atoms with Crippen molar-refractivity contribution in [2.45, 2.75) is 25.2 Å². The van der Waals surface area contributed by atoms with Crippen molar-refractivity contribution in [3.05, 3.63) is 41.5 Å². The van der Waals surface area contributed by atoms with Crippen LogP contribution in [-0.4, -0.2) is 30.5 Å². The van der Waals surface area contributed by atoms with Gasteiger partial charge in [-0.2, -0.15) is 4.98 Å². The predicted molar refractivity (Wildman–Crippen MR) is 72.9 cm³/mol. The third kappa shape index (κ3) is 2.99. The summed E-state index contributed by atoms with van der Waals surface area (Å²) < 4.78 is 15.9. The molecule has 2 aromatic rings. The molecule has 1 saturated heterocycles. The van der Waals surface area contributed by atoms with Crippen molar-refractivity contribution in [1.82, 2.24) is 10.1 Å². The lowest BCUT2D eigenvalue weighted by Gasteiger charge is -2.02. The molecule has 0 bridgehead atoms. The van der Waals surface area contributed by atoms with Crippen LogP contribution in [0.3, 0.4) is 0 Å². The maximum absolute atomic E-state index is 5.34. The quantitative estimate of drug-likeness (QED) is 0.837. The topological polar surface area (TPSA) is 57.4 Å². The van der Waals surface area contributed by atoms with Crippen molar-refractivity contribution >= 4 is 0 Å². The molecule has 0 aliphatic carbocycles. The Morgan fingerprint density at radius 1 is 1.35 bits per heavy atom. The van der Waals surface area contributed by atoms with E-state index in [4.69, 9.17) is 14.0 Å². The molecule has 0 radical (unpaired) electrons. The first kappa shape index (κ1) is 13.1. The molecule has 2 heterocycles. The highest BCUT2D eigenvalue weighted by Gasteiger charge is 2.22. The molecule has 5 nitrogen and oxygen atoms in total. The summed E-state index contributed by atoms with van der Waals surface area (Å²) in [6.07, 6.45) is 2.59. The first-order chi connectivity index (χ1) is 9.85. The predicted octanol–water partition coefficient (Wildman–Crippen LogP) is 2.37. The van der Waals surface area contributed by atoms with Gasteiger partial charge in [0.2, 0.25) is 5.89 Å². The molecule has 1 aromatic carbocycles. The first-order valence-corrected chi connectivity index (χ1v) is 6.88. The van der Waals surface area contributed by atoms with E-state index in [1.165, 1.54) is 5.56 Å². The maximum atomic E-state index is 5.34. The highest BCUT2D eigenvalue weighted by molar-refractivity contribution is 5.28. The van der Waals surface area contributed by atoms with Gasteiger partial charge < -0.3 is 14.0 Å². The average molecular weight is 274 g/mol. The van der Waals surface area contributed by atoms with Crippen molar-refractivity contribution in [1.29, 1.82) is 0 Å². The summed E-state index contributed by atoms with van der Waals surface area (Å²) >= 11 is 0. The Balaban J connectivity index is 1.60. The maximum Gasteiger partial charge on any atom is 0.226 e. The molecule has 0 amide bonds. The Morgan fingerprint density at radius 2 is 2.30 bits per heavy atom. The van der Waals surface area contributed by atoms with Crippen LogP contribution in [0.4, 0.5) is 0 Å². The fraction of sp³-hybridized carbons (Fsp3) is 0.467. The van der Waals surface area contributed by atoms with Crippen molar-refractivity contribution in [2.75, 3.05) is 20.3 Å². The van der Waals surface area contributed by atoms with E-state index < -0.39 is 0 Å². The summed E-state index contributed by atoms with van der Waals surface area (Å²) in [6.45, 7) is 1.49. The molecule has 1 aliphatic heterocycles. The van der Waals surface area contributed by atoms with E-state index in [2.05, 4.69) is 16.2 Å². The summed E-state index contributed by atoms with van der Waals surface area (Å²) in [6, 6.07) is 8.03. The molecule has 3 rings (SSSR count). The molecule has 1 aliphatic rings. The molecule has 0 spiro atoms. The second kappa shape index (κ2) is 6.05. The summed E-state index contributed by atoms with van der Waals surface area (Å²) in [7, 11) is 1.67. The smallest absolute Gasteiger partial charge is 0.226 e. The standard InChI is InChI=1S/C15H18N2O3/c1-18-13-4-2-3-11(9-13)5-6-14-16-15(17-20-14)12-7-8-19-10-12/h2-4,9,12H,5-8,10H2,1H3/t12-/m1/s1. The number of hydrogen-bond acceptors (Lipinski definition) is 5. The number of ether oxygens (including phenoxy) is 2. The lowest BCUT2D eigenvalue weighted by atomic mass is 10.1. The average Bonchev–Trinajstić information content (AvgIpc) is 3.16. The number of benzene rings is 1. The van der Waals surface area contributed by atoms with Gasteiger partial charge in [0.05, 0.1) is 13.7 Å². The highest BCUT2D eigenvalue weighted by atomic mass is 16.5. The fourth-order valence-electron chi connectivity index (χ4n) is 2.35. The molecule has 106 valence electrons. The summed E-state index contributed by atoms with van der Waals surface area (Å²) in [4.78, 5) is 4.46. The van der Waals surface area contributed by atoms with Gasteiger partial charge in [-0.15, -0.1) is 0 Å². The van der Waals surface area contributed by atoms with E-state index in [0.717, 1.165) is 37.4 Å². The second-order valence-corrected chi connectivity index (χ2v) is 4.96. The van der Waals surface area contributed by atoms with E-state index in [0.29, 0.717) is 18.4 Å².